The maximum atomic E-state index is 5.81. The average Bonchev–Trinajstić information content (AvgIpc) is 2.28. The quantitative estimate of drug-likeness (QED) is 0.735. The third kappa shape index (κ3) is 2.67. The zero-order valence-electron chi connectivity index (χ0n) is 9.99. The van der Waals surface area contributed by atoms with Gasteiger partial charge in [-0.3, -0.25) is 4.98 Å². The molecule has 0 aliphatic carbocycles. The summed E-state index contributed by atoms with van der Waals surface area (Å²) in [6.07, 6.45) is 3.20. The van der Waals surface area contributed by atoms with Gasteiger partial charge in [0.1, 0.15) is 0 Å². The third-order valence-corrected chi connectivity index (χ3v) is 3.44. The Morgan fingerprint density at radius 3 is 2.69 bits per heavy atom. The van der Waals surface area contributed by atoms with Crippen molar-refractivity contribution in [1.82, 2.24) is 4.98 Å². The normalized spacial score (nSPS) is 25.8. The van der Waals surface area contributed by atoms with E-state index in [4.69, 9.17) is 11.6 Å². The van der Waals surface area contributed by atoms with E-state index in [2.05, 4.69) is 35.9 Å². The molecule has 2 atom stereocenters. The molecule has 0 saturated carbocycles. The van der Waals surface area contributed by atoms with Crippen LogP contribution in [0.3, 0.4) is 0 Å². The maximum absolute atomic E-state index is 5.81. The molecule has 16 heavy (non-hydrogen) atoms. The first-order valence-corrected chi connectivity index (χ1v) is 6.48. The monoisotopic (exact) mass is 238 g/mol. The molecular formula is C13H19ClN2. The van der Waals surface area contributed by atoms with Crippen molar-refractivity contribution in [1.29, 1.82) is 0 Å². The minimum Gasteiger partial charge on any atom is -0.371 e. The van der Waals surface area contributed by atoms with Crippen molar-refractivity contribution in [2.45, 2.75) is 26.1 Å². The van der Waals surface area contributed by atoms with Crippen molar-refractivity contribution in [3.8, 4) is 0 Å². The highest BCUT2D eigenvalue weighted by Gasteiger charge is 2.21. The van der Waals surface area contributed by atoms with E-state index in [1.807, 2.05) is 6.20 Å². The summed E-state index contributed by atoms with van der Waals surface area (Å²) in [6, 6.07) is 4.19. The van der Waals surface area contributed by atoms with E-state index in [0.717, 1.165) is 30.6 Å². The van der Waals surface area contributed by atoms with E-state index in [0.29, 0.717) is 5.88 Å². The van der Waals surface area contributed by atoms with Gasteiger partial charge >= 0.3 is 0 Å². The second kappa shape index (κ2) is 5.05. The van der Waals surface area contributed by atoms with Gasteiger partial charge in [0.2, 0.25) is 0 Å². The molecule has 2 nitrogen and oxygen atoms in total. The molecule has 2 rings (SSSR count). The van der Waals surface area contributed by atoms with Gasteiger partial charge in [0.15, 0.2) is 0 Å². The van der Waals surface area contributed by atoms with E-state index in [-0.39, 0.29) is 0 Å². The highest BCUT2D eigenvalue weighted by atomic mass is 35.5. The van der Waals surface area contributed by atoms with Crippen LogP contribution in [0.4, 0.5) is 5.69 Å². The standard InChI is InChI=1S/C13H19ClN2/c1-10-5-11(2)9-16(8-10)13-3-4-15-12(6-13)7-14/h3-4,6,10-11H,5,7-9H2,1-2H3. The molecule has 1 aromatic rings. The first-order chi connectivity index (χ1) is 7.69. The van der Waals surface area contributed by atoms with E-state index in [1.165, 1.54) is 12.1 Å². The number of alkyl halides is 1. The average molecular weight is 239 g/mol. The lowest BCUT2D eigenvalue weighted by Crippen LogP contribution is -2.38. The fourth-order valence-electron chi connectivity index (χ4n) is 2.61. The molecule has 1 aliphatic rings. The smallest absolute Gasteiger partial charge is 0.0648 e. The van der Waals surface area contributed by atoms with Crippen LogP contribution >= 0.6 is 11.6 Å². The minimum atomic E-state index is 0.493. The van der Waals surface area contributed by atoms with E-state index >= 15 is 0 Å². The highest BCUT2D eigenvalue weighted by Crippen LogP contribution is 2.26. The lowest BCUT2D eigenvalue weighted by atomic mass is 9.91. The number of nitrogens with zero attached hydrogens (tertiary/aromatic N) is 2. The molecule has 1 aromatic heterocycles. The Balaban J connectivity index is 2.16. The van der Waals surface area contributed by atoms with E-state index in [1.54, 1.807) is 0 Å². The van der Waals surface area contributed by atoms with Crippen LogP contribution in [0, 0.1) is 11.8 Å². The van der Waals surface area contributed by atoms with E-state index in [9.17, 15) is 0 Å². The van der Waals surface area contributed by atoms with Crippen LogP contribution in [0.2, 0.25) is 0 Å². The molecule has 2 unspecified atom stereocenters. The Labute approximate surface area is 103 Å². The number of aromatic nitrogens is 1. The van der Waals surface area contributed by atoms with Crippen molar-refractivity contribution in [3.05, 3.63) is 24.0 Å². The van der Waals surface area contributed by atoms with Gasteiger partial charge in [0.05, 0.1) is 11.6 Å². The second-order valence-corrected chi connectivity index (χ2v) is 5.26. The van der Waals surface area contributed by atoms with Crippen LogP contribution in [-0.4, -0.2) is 18.1 Å². The summed E-state index contributed by atoms with van der Waals surface area (Å²) in [5.74, 6) is 2.04. The SMILES string of the molecule is CC1CC(C)CN(c2ccnc(CCl)c2)C1. The Morgan fingerprint density at radius 1 is 1.38 bits per heavy atom. The van der Waals surface area contributed by atoms with Crippen molar-refractivity contribution >= 4 is 17.3 Å². The fourth-order valence-corrected chi connectivity index (χ4v) is 2.76. The van der Waals surface area contributed by atoms with E-state index < -0.39 is 0 Å². The summed E-state index contributed by atoms with van der Waals surface area (Å²) in [4.78, 5) is 6.69. The largest absolute Gasteiger partial charge is 0.371 e. The predicted octanol–water partition coefficient (Wildman–Crippen LogP) is 3.30. The number of anilines is 1. The molecule has 0 radical (unpaired) electrons. The molecule has 1 fully saturated rings. The van der Waals surface area contributed by atoms with Crippen LogP contribution in [0.25, 0.3) is 0 Å². The molecule has 0 bridgehead atoms. The molecule has 0 spiro atoms. The summed E-state index contributed by atoms with van der Waals surface area (Å²) in [5.41, 5.74) is 2.23. The Hall–Kier alpha value is -0.760. The molecule has 0 aromatic carbocycles. The number of halogens is 1. The Bertz CT molecular complexity index is 344. The van der Waals surface area contributed by atoms with Crippen molar-refractivity contribution < 1.29 is 0 Å². The molecule has 88 valence electrons. The van der Waals surface area contributed by atoms with Gasteiger partial charge in [-0.1, -0.05) is 13.8 Å². The van der Waals surface area contributed by atoms with Crippen LogP contribution < -0.4 is 4.90 Å². The van der Waals surface area contributed by atoms with Gasteiger partial charge in [-0.15, -0.1) is 11.6 Å². The summed E-state index contributed by atoms with van der Waals surface area (Å²) in [7, 11) is 0. The zero-order valence-corrected chi connectivity index (χ0v) is 10.7. The van der Waals surface area contributed by atoms with Crippen molar-refractivity contribution in [3.63, 3.8) is 0 Å². The van der Waals surface area contributed by atoms with Crippen LogP contribution in [0.1, 0.15) is 26.0 Å². The lowest BCUT2D eigenvalue weighted by molar-refractivity contribution is 0.357. The van der Waals surface area contributed by atoms with Gasteiger partial charge in [0.25, 0.3) is 0 Å². The summed E-state index contributed by atoms with van der Waals surface area (Å²) in [5, 5.41) is 0. The number of piperidine rings is 1. The number of pyridine rings is 1. The first kappa shape index (κ1) is 11.7. The molecule has 0 N–H and O–H groups in total. The molecule has 2 heterocycles. The fraction of sp³-hybridized carbons (Fsp3) is 0.615. The van der Waals surface area contributed by atoms with Crippen LogP contribution in [0.5, 0.6) is 0 Å². The number of hydrogen-bond acceptors (Lipinski definition) is 2. The lowest BCUT2D eigenvalue weighted by Gasteiger charge is -2.36. The second-order valence-electron chi connectivity index (χ2n) is 4.99. The van der Waals surface area contributed by atoms with Gasteiger partial charge in [-0.2, -0.15) is 0 Å². The molecule has 1 saturated heterocycles. The zero-order chi connectivity index (χ0) is 11.5. The molecule has 3 heteroatoms. The number of hydrogen-bond donors (Lipinski definition) is 0. The molecule has 1 aliphatic heterocycles. The minimum absolute atomic E-state index is 0.493. The highest BCUT2D eigenvalue weighted by molar-refractivity contribution is 6.16. The molecular weight excluding hydrogens is 220 g/mol. The Morgan fingerprint density at radius 2 is 2.06 bits per heavy atom. The molecule has 0 amide bonds. The maximum Gasteiger partial charge on any atom is 0.0648 e. The van der Waals surface area contributed by atoms with Gasteiger partial charge in [-0.05, 0) is 30.4 Å². The van der Waals surface area contributed by atoms with Crippen molar-refractivity contribution in [2.24, 2.45) is 11.8 Å². The van der Waals surface area contributed by atoms with Crippen molar-refractivity contribution in [2.75, 3.05) is 18.0 Å². The predicted molar refractivity (Wildman–Crippen MR) is 69.0 cm³/mol. The van der Waals surface area contributed by atoms with Gasteiger partial charge in [0, 0.05) is 25.0 Å². The number of rotatable bonds is 2. The topological polar surface area (TPSA) is 16.1 Å². The first-order valence-electron chi connectivity index (χ1n) is 5.95. The van der Waals surface area contributed by atoms with Crippen LogP contribution in [-0.2, 0) is 5.88 Å². The van der Waals surface area contributed by atoms with Crippen LogP contribution in [0.15, 0.2) is 18.3 Å². The Kier molecular flexibility index (Phi) is 3.70. The summed E-state index contributed by atoms with van der Waals surface area (Å²) < 4.78 is 0. The van der Waals surface area contributed by atoms with Gasteiger partial charge in [-0.25, -0.2) is 0 Å². The van der Waals surface area contributed by atoms with Gasteiger partial charge < -0.3 is 4.90 Å². The summed E-state index contributed by atoms with van der Waals surface area (Å²) >= 11 is 5.81. The summed E-state index contributed by atoms with van der Waals surface area (Å²) in [6.45, 7) is 6.95. The third-order valence-electron chi connectivity index (χ3n) is 3.17.